The standard InChI is InChI=1S/C26H28N2O9/c1-13-22-19(10-11-27-13)18-8-6-7-9-20(18)28(22)26-25(36-17(5)32)24(35-16(4)31)23(34-15(3)30)21(37-26)12-33-14(2)29/h6-11,21,23-26H,12H2,1-5H3/t21-,23-,24+,25-,26-/m1/s1. The zero-order valence-corrected chi connectivity index (χ0v) is 21.1. The number of hydrogen-bond donors (Lipinski definition) is 0. The molecule has 2 aromatic heterocycles. The van der Waals surface area contributed by atoms with Crippen molar-refractivity contribution in [2.45, 2.75) is 65.3 Å². The molecule has 0 unspecified atom stereocenters. The monoisotopic (exact) mass is 512 g/mol. The van der Waals surface area contributed by atoms with Crippen molar-refractivity contribution in [2.75, 3.05) is 6.61 Å². The predicted molar refractivity (Wildman–Crippen MR) is 129 cm³/mol. The van der Waals surface area contributed by atoms with Crippen molar-refractivity contribution >= 4 is 45.7 Å². The number of rotatable bonds is 6. The van der Waals surface area contributed by atoms with Crippen LogP contribution in [0.4, 0.5) is 0 Å². The maximum atomic E-state index is 12.3. The number of carbonyl (C=O) groups is 4. The molecular weight excluding hydrogens is 484 g/mol. The van der Waals surface area contributed by atoms with E-state index < -0.39 is 54.5 Å². The second kappa shape index (κ2) is 10.6. The van der Waals surface area contributed by atoms with Crippen molar-refractivity contribution in [2.24, 2.45) is 0 Å². The van der Waals surface area contributed by atoms with E-state index in [0.717, 1.165) is 16.3 Å². The van der Waals surface area contributed by atoms with Crippen LogP contribution in [0.5, 0.6) is 0 Å². The summed E-state index contributed by atoms with van der Waals surface area (Å²) in [6, 6.07) is 9.44. The Labute approximate surface area is 212 Å². The van der Waals surface area contributed by atoms with E-state index in [1.54, 1.807) is 6.20 Å². The van der Waals surface area contributed by atoms with Gasteiger partial charge in [0.2, 0.25) is 0 Å². The Hall–Kier alpha value is -3.99. The van der Waals surface area contributed by atoms with E-state index in [-0.39, 0.29) is 6.61 Å². The molecule has 4 rings (SSSR count). The van der Waals surface area contributed by atoms with Gasteiger partial charge in [0.15, 0.2) is 24.5 Å². The molecule has 3 aromatic rings. The first kappa shape index (κ1) is 26.1. The minimum Gasteiger partial charge on any atom is -0.463 e. The molecule has 0 radical (unpaired) electrons. The van der Waals surface area contributed by atoms with Crippen molar-refractivity contribution in [3.05, 3.63) is 42.2 Å². The van der Waals surface area contributed by atoms with E-state index in [0.29, 0.717) is 11.2 Å². The second-order valence-corrected chi connectivity index (χ2v) is 8.77. The number of hydrogen-bond acceptors (Lipinski definition) is 10. The third-order valence-corrected chi connectivity index (χ3v) is 6.02. The van der Waals surface area contributed by atoms with E-state index in [4.69, 9.17) is 23.7 Å². The summed E-state index contributed by atoms with van der Waals surface area (Å²) >= 11 is 0. The number of nitrogens with zero attached hydrogens (tertiary/aromatic N) is 2. The van der Waals surface area contributed by atoms with E-state index in [2.05, 4.69) is 4.98 Å². The van der Waals surface area contributed by atoms with Crippen LogP contribution in [0.25, 0.3) is 21.8 Å². The summed E-state index contributed by atoms with van der Waals surface area (Å²) in [6.07, 6.45) is -4.14. The Morgan fingerprint density at radius 1 is 0.838 bits per heavy atom. The van der Waals surface area contributed by atoms with Crippen molar-refractivity contribution in [3.8, 4) is 0 Å². The van der Waals surface area contributed by atoms with Gasteiger partial charge in [-0.25, -0.2) is 0 Å². The first-order valence-corrected chi connectivity index (χ1v) is 11.7. The molecule has 11 nitrogen and oxygen atoms in total. The number of para-hydroxylation sites is 1. The van der Waals surface area contributed by atoms with Crippen LogP contribution >= 0.6 is 0 Å². The van der Waals surface area contributed by atoms with E-state index >= 15 is 0 Å². The molecule has 5 atom stereocenters. The molecule has 0 amide bonds. The molecular formula is C26H28N2O9. The fraction of sp³-hybridized carbons (Fsp3) is 0.423. The normalized spacial score (nSPS) is 23.4. The molecule has 0 saturated carbocycles. The van der Waals surface area contributed by atoms with Gasteiger partial charge < -0.3 is 28.3 Å². The number of aromatic nitrogens is 2. The number of ether oxygens (including phenoxy) is 5. The van der Waals surface area contributed by atoms with Crippen LogP contribution in [-0.4, -0.2) is 64.5 Å². The van der Waals surface area contributed by atoms with Gasteiger partial charge in [-0.1, -0.05) is 18.2 Å². The first-order chi connectivity index (χ1) is 17.6. The molecule has 0 N–H and O–H groups in total. The third-order valence-electron chi connectivity index (χ3n) is 6.02. The van der Waals surface area contributed by atoms with Gasteiger partial charge in [0, 0.05) is 44.7 Å². The fourth-order valence-electron chi connectivity index (χ4n) is 4.79. The first-order valence-electron chi connectivity index (χ1n) is 11.7. The van der Waals surface area contributed by atoms with Crippen LogP contribution in [0, 0.1) is 6.92 Å². The average molecular weight is 513 g/mol. The molecule has 0 bridgehead atoms. The van der Waals surface area contributed by atoms with Gasteiger partial charge in [-0.3, -0.25) is 24.2 Å². The SMILES string of the molecule is CC(=O)OC[C@H]1O[C@@H](n2c3ccccc3c3ccnc(C)c32)[C@H](OC(C)=O)[C@@H](OC(C)=O)[C@@H]1OC(C)=O. The van der Waals surface area contributed by atoms with Gasteiger partial charge in [0.25, 0.3) is 0 Å². The lowest BCUT2D eigenvalue weighted by Crippen LogP contribution is -2.60. The third kappa shape index (κ3) is 5.26. The van der Waals surface area contributed by atoms with Crippen LogP contribution < -0.4 is 0 Å². The lowest BCUT2D eigenvalue weighted by molar-refractivity contribution is -0.267. The highest BCUT2D eigenvalue weighted by Gasteiger charge is 2.53. The maximum absolute atomic E-state index is 12.3. The smallest absolute Gasteiger partial charge is 0.303 e. The highest BCUT2D eigenvalue weighted by molar-refractivity contribution is 6.08. The molecule has 37 heavy (non-hydrogen) atoms. The molecule has 1 aliphatic heterocycles. The molecule has 0 aliphatic carbocycles. The molecule has 1 aliphatic rings. The molecule has 11 heteroatoms. The van der Waals surface area contributed by atoms with Crippen LogP contribution in [0.2, 0.25) is 0 Å². The maximum Gasteiger partial charge on any atom is 0.303 e. The Kier molecular flexibility index (Phi) is 7.44. The van der Waals surface area contributed by atoms with Crippen LogP contribution in [0.1, 0.15) is 39.6 Å². The topological polar surface area (TPSA) is 132 Å². The van der Waals surface area contributed by atoms with Gasteiger partial charge in [-0.05, 0) is 19.1 Å². The minimum atomic E-state index is -1.27. The van der Waals surface area contributed by atoms with Crippen LogP contribution in [-0.2, 0) is 42.9 Å². The van der Waals surface area contributed by atoms with E-state index in [9.17, 15) is 19.2 Å². The van der Waals surface area contributed by atoms with Crippen molar-refractivity contribution in [3.63, 3.8) is 0 Å². The summed E-state index contributed by atoms with van der Waals surface area (Å²) in [5.41, 5.74) is 2.14. The molecule has 1 fully saturated rings. The van der Waals surface area contributed by atoms with Gasteiger partial charge in [0.05, 0.1) is 16.7 Å². The highest BCUT2D eigenvalue weighted by atomic mass is 16.7. The molecule has 1 aromatic carbocycles. The number of esters is 4. The van der Waals surface area contributed by atoms with Crippen LogP contribution in [0.15, 0.2) is 36.5 Å². The van der Waals surface area contributed by atoms with Crippen molar-refractivity contribution < 1.29 is 42.9 Å². The zero-order valence-electron chi connectivity index (χ0n) is 21.1. The number of pyridine rings is 1. The summed E-state index contributed by atoms with van der Waals surface area (Å²) in [5.74, 6) is -2.61. The fourth-order valence-corrected chi connectivity index (χ4v) is 4.79. The Balaban J connectivity index is 1.96. The summed E-state index contributed by atoms with van der Waals surface area (Å²) < 4.78 is 30.2. The lowest BCUT2D eigenvalue weighted by Gasteiger charge is -2.45. The Bertz CT molecular complexity index is 1360. The van der Waals surface area contributed by atoms with Crippen LogP contribution in [0.3, 0.4) is 0 Å². The van der Waals surface area contributed by atoms with Gasteiger partial charge in [-0.15, -0.1) is 0 Å². The Morgan fingerprint density at radius 2 is 1.46 bits per heavy atom. The van der Waals surface area contributed by atoms with Gasteiger partial charge in [0.1, 0.15) is 12.7 Å². The largest absolute Gasteiger partial charge is 0.463 e. The molecule has 3 heterocycles. The molecule has 0 spiro atoms. The lowest BCUT2D eigenvalue weighted by atomic mass is 9.96. The summed E-state index contributed by atoms with van der Waals surface area (Å²) in [4.78, 5) is 52.5. The summed E-state index contributed by atoms with van der Waals surface area (Å²) in [5, 5.41) is 1.78. The van der Waals surface area contributed by atoms with Gasteiger partial charge in [-0.2, -0.15) is 0 Å². The van der Waals surface area contributed by atoms with E-state index in [1.165, 1.54) is 27.7 Å². The highest BCUT2D eigenvalue weighted by Crippen LogP contribution is 2.40. The summed E-state index contributed by atoms with van der Waals surface area (Å²) in [6.45, 7) is 6.35. The molecule has 196 valence electrons. The average Bonchev–Trinajstić information content (AvgIpc) is 3.15. The van der Waals surface area contributed by atoms with Crippen molar-refractivity contribution in [1.82, 2.24) is 9.55 Å². The predicted octanol–water partition coefficient (Wildman–Crippen LogP) is 2.75. The number of fused-ring (bicyclic) bond motifs is 3. The number of benzene rings is 1. The van der Waals surface area contributed by atoms with Crippen molar-refractivity contribution in [1.29, 1.82) is 0 Å². The summed E-state index contributed by atoms with van der Waals surface area (Å²) in [7, 11) is 0. The second-order valence-electron chi connectivity index (χ2n) is 8.77. The zero-order chi connectivity index (χ0) is 26.9. The molecule has 1 saturated heterocycles. The van der Waals surface area contributed by atoms with Gasteiger partial charge >= 0.3 is 23.9 Å². The van der Waals surface area contributed by atoms with E-state index in [1.807, 2.05) is 41.8 Å². The quantitative estimate of drug-likeness (QED) is 0.359. The minimum absolute atomic E-state index is 0.303. The number of aryl methyl sites for hydroxylation is 1. The number of carbonyl (C=O) groups excluding carboxylic acids is 4. The Morgan fingerprint density at radius 3 is 2.11 bits per heavy atom.